The van der Waals surface area contributed by atoms with Crippen LogP contribution in [-0.2, 0) is 0 Å². The van der Waals surface area contributed by atoms with Crippen molar-refractivity contribution in [3.8, 4) is 0 Å². The number of thiazole rings is 1. The standard InChI is InChI=1S/C14H19NS/c1-5-14(4)8-6-11-12(7-9-14)16-13(15-11)10(2)3/h6-10H,5H2,1-4H3. The minimum Gasteiger partial charge on any atom is -0.241 e. The second-order valence-corrected chi connectivity index (χ2v) is 6.04. The molecule has 0 saturated carbocycles. The highest BCUT2D eigenvalue weighted by Gasteiger charge is 2.19. The van der Waals surface area contributed by atoms with Crippen LogP contribution in [0.2, 0.25) is 0 Å². The van der Waals surface area contributed by atoms with E-state index in [9.17, 15) is 0 Å². The zero-order valence-electron chi connectivity index (χ0n) is 10.4. The van der Waals surface area contributed by atoms with Crippen LogP contribution in [0.15, 0.2) is 12.2 Å². The molecule has 0 N–H and O–H groups in total. The van der Waals surface area contributed by atoms with E-state index in [1.54, 1.807) is 0 Å². The van der Waals surface area contributed by atoms with Crippen molar-refractivity contribution >= 4 is 23.5 Å². The lowest BCUT2D eigenvalue weighted by Crippen LogP contribution is -2.05. The predicted molar refractivity (Wildman–Crippen MR) is 72.7 cm³/mol. The molecule has 2 rings (SSSR count). The van der Waals surface area contributed by atoms with Gasteiger partial charge in [-0.1, -0.05) is 39.8 Å². The van der Waals surface area contributed by atoms with E-state index in [1.807, 2.05) is 11.3 Å². The summed E-state index contributed by atoms with van der Waals surface area (Å²) >= 11 is 1.82. The van der Waals surface area contributed by atoms with Crippen molar-refractivity contribution in [1.82, 2.24) is 4.98 Å². The topological polar surface area (TPSA) is 12.9 Å². The van der Waals surface area contributed by atoms with Crippen LogP contribution >= 0.6 is 11.3 Å². The van der Waals surface area contributed by atoms with E-state index in [4.69, 9.17) is 4.98 Å². The Kier molecular flexibility index (Phi) is 3.02. The number of nitrogens with zero attached hydrogens (tertiary/aromatic N) is 1. The maximum absolute atomic E-state index is 4.69. The van der Waals surface area contributed by atoms with Crippen molar-refractivity contribution in [3.63, 3.8) is 0 Å². The SMILES string of the molecule is CCC1(C)C=Cc2nc(C(C)C)sc2C=C1. The molecule has 1 nitrogen and oxygen atoms in total. The average Bonchev–Trinajstić information content (AvgIpc) is 2.61. The average molecular weight is 233 g/mol. The minimum atomic E-state index is 0.193. The summed E-state index contributed by atoms with van der Waals surface area (Å²) in [4.78, 5) is 5.99. The van der Waals surface area contributed by atoms with Crippen LogP contribution in [0.3, 0.4) is 0 Å². The van der Waals surface area contributed by atoms with Crippen molar-refractivity contribution in [2.24, 2.45) is 5.41 Å². The molecule has 0 spiro atoms. The van der Waals surface area contributed by atoms with Gasteiger partial charge >= 0.3 is 0 Å². The molecule has 1 aromatic rings. The molecule has 1 aliphatic carbocycles. The molecular formula is C14H19NS. The molecule has 1 aromatic heterocycles. The first-order chi connectivity index (χ1) is 7.54. The molecule has 0 bridgehead atoms. The third kappa shape index (κ3) is 2.12. The lowest BCUT2D eigenvalue weighted by Gasteiger charge is -2.17. The minimum absolute atomic E-state index is 0.193. The smallest absolute Gasteiger partial charge is 0.0963 e. The van der Waals surface area contributed by atoms with Crippen molar-refractivity contribution in [1.29, 1.82) is 0 Å². The van der Waals surface area contributed by atoms with E-state index in [-0.39, 0.29) is 5.41 Å². The molecule has 1 unspecified atom stereocenters. The summed E-state index contributed by atoms with van der Waals surface area (Å²) in [6, 6.07) is 0. The first kappa shape index (κ1) is 11.6. The van der Waals surface area contributed by atoms with Crippen molar-refractivity contribution in [2.45, 2.75) is 40.0 Å². The van der Waals surface area contributed by atoms with Gasteiger partial charge in [-0.3, -0.25) is 0 Å². The van der Waals surface area contributed by atoms with Gasteiger partial charge in [0.2, 0.25) is 0 Å². The molecule has 0 amide bonds. The van der Waals surface area contributed by atoms with Crippen LogP contribution in [0.4, 0.5) is 0 Å². The molecule has 1 atom stereocenters. The zero-order chi connectivity index (χ0) is 11.8. The summed E-state index contributed by atoms with van der Waals surface area (Å²) in [7, 11) is 0. The molecular weight excluding hydrogens is 214 g/mol. The van der Waals surface area contributed by atoms with Gasteiger partial charge in [0.15, 0.2) is 0 Å². The van der Waals surface area contributed by atoms with Crippen molar-refractivity contribution in [2.75, 3.05) is 0 Å². The summed E-state index contributed by atoms with van der Waals surface area (Å²) in [5.41, 5.74) is 1.33. The quantitative estimate of drug-likeness (QED) is 0.720. The van der Waals surface area contributed by atoms with Crippen LogP contribution in [0.25, 0.3) is 12.2 Å². The van der Waals surface area contributed by atoms with E-state index in [0.29, 0.717) is 5.92 Å². The third-order valence-electron chi connectivity index (χ3n) is 3.19. The largest absolute Gasteiger partial charge is 0.241 e. The van der Waals surface area contributed by atoms with Gasteiger partial charge in [-0.25, -0.2) is 4.98 Å². The monoisotopic (exact) mass is 233 g/mol. The molecule has 2 heteroatoms. The normalized spacial score (nSPS) is 23.6. The Hall–Kier alpha value is -0.890. The van der Waals surface area contributed by atoms with E-state index in [1.165, 1.54) is 9.88 Å². The Morgan fingerprint density at radius 1 is 1.31 bits per heavy atom. The predicted octanol–water partition coefficient (Wildman–Crippen LogP) is 4.72. The van der Waals surface area contributed by atoms with E-state index in [0.717, 1.165) is 12.1 Å². The van der Waals surface area contributed by atoms with Crippen LogP contribution in [-0.4, -0.2) is 4.98 Å². The van der Waals surface area contributed by atoms with Gasteiger partial charge in [0.1, 0.15) is 0 Å². The van der Waals surface area contributed by atoms with Gasteiger partial charge in [-0.15, -0.1) is 11.3 Å². The lowest BCUT2D eigenvalue weighted by atomic mass is 9.87. The van der Waals surface area contributed by atoms with Crippen LogP contribution in [0.5, 0.6) is 0 Å². The highest BCUT2D eigenvalue weighted by Crippen LogP contribution is 2.34. The van der Waals surface area contributed by atoms with Gasteiger partial charge in [0, 0.05) is 11.3 Å². The molecule has 1 aliphatic rings. The second kappa shape index (κ2) is 4.17. The summed E-state index contributed by atoms with van der Waals surface area (Å²) in [5, 5.41) is 1.24. The van der Waals surface area contributed by atoms with Gasteiger partial charge in [0.25, 0.3) is 0 Å². The number of aromatic nitrogens is 1. The molecule has 0 fully saturated rings. The zero-order valence-corrected chi connectivity index (χ0v) is 11.3. The van der Waals surface area contributed by atoms with Crippen LogP contribution in [0.1, 0.15) is 55.6 Å². The fraction of sp³-hybridized carbons (Fsp3) is 0.500. The molecule has 0 radical (unpaired) electrons. The highest BCUT2D eigenvalue weighted by atomic mass is 32.1. The summed E-state index contributed by atoms with van der Waals surface area (Å²) in [6.07, 6.45) is 10.1. The maximum Gasteiger partial charge on any atom is 0.0963 e. The van der Waals surface area contributed by atoms with E-state index >= 15 is 0 Å². The third-order valence-corrected chi connectivity index (χ3v) is 4.53. The number of allylic oxidation sites excluding steroid dienone is 2. The number of hydrogen-bond acceptors (Lipinski definition) is 2. The Labute approximate surface area is 102 Å². The Morgan fingerprint density at radius 3 is 2.62 bits per heavy atom. The van der Waals surface area contributed by atoms with Gasteiger partial charge in [0.05, 0.1) is 15.6 Å². The van der Waals surface area contributed by atoms with Gasteiger partial charge in [-0.2, -0.15) is 0 Å². The van der Waals surface area contributed by atoms with Crippen molar-refractivity contribution < 1.29 is 0 Å². The number of rotatable bonds is 2. The molecule has 0 saturated heterocycles. The Bertz CT molecular complexity index is 406. The fourth-order valence-electron chi connectivity index (χ4n) is 1.67. The van der Waals surface area contributed by atoms with Crippen LogP contribution in [0, 0.1) is 5.41 Å². The fourth-order valence-corrected chi connectivity index (χ4v) is 2.63. The molecule has 0 aromatic carbocycles. The van der Waals surface area contributed by atoms with E-state index in [2.05, 4.69) is 52.0 Å². The summed E-state index contributed by atoms with van der Waals surface area (Å²) in [6.45, 7) is 8.88. The first-order valence-electron chi connectivity index (χ1n) is 5.93. The number of hydrogen-bond donors (Lipinski definition) is 0. The maximum atomic E-state index is 4.69. The summed E-state index contributed by atoms with van der Waals surface area (Å²) in [5.74, 6) is 0.524. The van der Waals surface area contributed by atoms with Crippen LogP contribution < -0.4 is 0 Å². The first-order valence-corrected chi connectivity index (χ1v) is 6.75. The van der Waals surface area contributed by atoms with Gasteiger partial charge in [-0.05, 0) is 18.6 Å². The summed E-state index contributed by atoms with van der Waals surface area (Å²) < 4.78 is 0. The van der Waals surface area contributed by atoms with E-state index < -0.39 is 0 Å². The molecule has 0 aliphatic heterocycles. The van der Waals surface area contributed by atoms with Gasteiger partial charge < -0.3 is 0 Å². The number of fused-ring (bicyclic) bond motifs is 1. The van der Waals surface area contributed by atoms with Crippen molar-refractivity contribution in [3.05, 3.63) is 27.7 Å². The molecule has 1 heterocycles. The Balaban J connectivity index is 2.39. The Morgan fingerprint density at radius 2 is 2.00 bits per heavy atom. The second-order valence-electron chi connectivity index (χ2n) is 4.98. The lowest BCUT2D eigenvalue weighted by molar-refractivity contribution is 0.536. The highest BCUT2D eigenvalue weighted by molar-refractivity contribution is 7.12. The molecule has 16 heavy (non-hydrogen) atoms. The molecule has 86 valence electrons.